The molecule has 39 heavy (non-hydrogen) atoms. The molecule has 3 rings (SSSR count). The van der Waals surface area contributed by atoms with E-state index in [9.17, 15) is 17.8 Å². The lowest BCUT2D eigenvalue weighted by atomic mass is 10.1. The number of rotatable bonds is 9. The van der Waals surface area contributed by atoms with Gasteiger partial charge in [-0.05, 0) is 68.3 Å². The maximum atomic E-state index is 14.2. The third-order valence-corrected chi connectivity index (χ3v) is 6.40. The number of benzene rings is 2. The molecule has 0 aliphatic carbocycles. The zero-order valence-electron chi connectivity index (χ0n) is 21.9. The van der Waals surface area contributed by atoms with Crippen LogP contribution in [0.15, 0.2) is 47.0 Å². The number of carbonyl (C=O) groups is 1. The third kappa shape index (κ3) is 9.63. The van der Waals surface area contributed by atoms with Gasteiger partial charge < -0.3 is 19.9 Å². The molecular formula is C26H29ClF2N4O5S. The van der Waals surface area contributed by atoms with Crippen LogP contribution in [0, 0.1) is 11.6 Å². The molecule has 1 aromatic heterocycles. The fourth-order valence-electron chi connectivity index (χ4n) is 3.37. The predicted octanol–water partition coefficient (Wildman–Crippen LogP) is 6.04. The van der Waals surface area contributed by atoms with E-state index in [1.54, 1.807) is 39.0 Å². The molecule has 0 saturated heterocycles. The molecule has 3 aromatic rings. The van der Waals surface area contributed by atoms with Gasteiger partial charge in [0, 0.05) is 30.0 Å². The van der Waals surface area contributed by atoms with Crippen molar-refractivity contribution in [2.45, 2.75) is 38.5 Å². The van der Waals surface area contributed by atoms with Crippen molar-refractivity contribution in [3.8, 4) is 22.8 Å². The van der Waals surface area contributed by atoms with E-state index in [2.05, 4.69) is 14.3 Å². The minimum atomic E-state index is -2.94. The van der Waals surface area contributed by atoms with Crippen molar-refractivity contribution in [3.05, 3.63) is 65.1 Å². The third-order valence-electron chi connectivity index (χ3n) is 4.82. The van der Waals surface area contributed by atoms with Crippen molar-refractivity contribution < 1.29 is 32.0 Å². The molecule has 0 spiro atoms. The molecule has 0 radical (unpaired) electrons. The van der Waals surface area contributed by atoms with Gasteiger partial charge in [0.1, 0.15) is 17.0 Å². The van der Waals surface area contributed by atoms with Crippen LogP contribution in [0.25, 0.3) is 11.3 Å². The maximum Gasteiger partial charge on any atom is 0.442 e. The molecule has 0 bridgehead atoms. The number of hydrogen-bond acceptors (Lipinski definition) is 8. The number of anilines is 1. The Morgan fingerprint density at radius 2 is 1.82 bits per heavy atom. The summed E-state index contributed by atoms with van der Waals surface area (Å²) in [4.78, 5) is 19.4. The normalized spacial score (nSPS) is 12.9. The summed E-state index contributed by atoms with van der Waals surface area (Å²) >= 11 is 5.74. The Hall–Kier alpha value is -3.51. The molecule has 2 aromatic carbocycles. The monoisotopic (exact) mass is 582 g/mol. The summed E-state index contributed by atoms with van der Waals surface area (Å²) < 4.78 is 61.2. The first-order chi connectivity index (χ1) is 18.2. The molecule has 0 aliphatic heterocycles. The smallest absolute Gasteiger partial charge is 0.442 e. The highest BCUT2D eigenvalue weighted by atomic mass is 35.5. The van der Waals surface area contributed by atoms with Gasteiger partial charge in [-0.3, -0.25) is 0 Å². The molecule has 0 saturated carbocycles. The zero-order valence-corrected chi connectivity index (χ0v) is 23.4. The minimum absolute atomic E-state index is 0.0372. The quantitative estimate of drug-likeness (QED) is 0.184. The fraction of sp³-hybridized carbons (Fsp3) is 0.346. The van der Waals surface area contributed by atoms with Crippen LogP contribution in [0.4, 0.5) is 19.3 Å². The summed E-state index contributed by atoms with van der Waals surface area (Å²) in [5.41, 5.74) is 6.36. The Bertz CT molecular complexity index is 1470. The number of carbonyl (C=O) groups excluding carboxylic acids is 1. The number of aromatic nitrogens is 2. The first-order valence-corrected chi connectivity index (χ1v) is 14.2. The minimum Gasteiger partial charge on any atom is -0.493 e. The van der Waals surface area contributed by atoms with Gasteiger partial charge in [-0.2, -0.15) is 0 Å². The number of ether oxygens (including phenoxy) is 3. The highest BCUT2D eigenvalue weighted by Gasteiger charge is 2.18. The van der Waals surface area contributed by atoms with E-state index in [-0.39, 0.29) is 41.3 Å². The average molecular weight is 583 g/mol. The van der Waals surface area contributed by atoms with Crippen LogP contribution in [-0.4, -0.2) is 45.3 Å². The predicted molar refractivity (Wildman–Crippen MR) is 145 cm³/mol. The van der Waals surface area contributed by atoms with E-state index < -0.39 is 33.1 Å². The van der Waals surface area contributed by atoms with E-state index in [0.717, 1.165) is 12.3 Å². The van der Waals surface area contributed by atoms with Crippen LogP contribution in [0.5, 0.6) is 11.5 Å². The Labute approximate surface area is 230 Å². The van der Waals surface area contributed by atoms with Crippen LogP contribution in [0.1, 0.15) is 32.8 Å². The second-order valence-corrected chi connectivity index (χ2v) is 12.3. The Balaban J connectivity index is 1.58. The Morgan fingerprint density at radius 3 is 2.54 bits per heavy atom. The number of halogens is 3. The summed E-state index contributed by atoms with van der Waals surface area (Å²) in [6, 6.07) is 8.69. The number of hydrogen-bond donors (Lipinski definition) is 1. The van der Waals surface area contributed by atoms with Crippen molar-refractivity contribution in [2.24, 2.45) is 4.36 Å². The lowest BCUT2D eigenvalue weighted by molar-refractivity contribution is 0.0607. The van der Waals surface area contributed by atoms with Gasteiger partial charge in [-0.1, -0.05) is 0 Å². The van der Waals surface area contributed by atoms with Crippen LogP contribution in [0.3, 0.4) is 0 Å². The number of nitrogens with zero attached hydrogens (tertiary/aromatic N) is 3. The lowest BCUT2D eigenvalue weighted by Crippen LogP contribution is -2.22. The highest BCUT2D eigenvalue weighted by Crippen LogP contribution is 2.28. The van der Waals surface area contributed by atoms with Crippen molar-refractivity contribution in [1.82, 2.24) is 9.97 Å². The highest BCUT2D eigenvalue weighted by molar-refractivity contribution is 7.92. The zero-order chi connectivity index (χ0) is 28.8. The molecule has 2 N–H and O–H groups in total. The van der Waals surface area contributed by atoms with E-state index in [0.29, 0.717) is 23.4 Å². The Morgan fingerprint density at radius 1 is 1.10 bits per heavy atom. The van der Waals surface area contributed by atoms with Gasteiger partial charge in [0.15, 0.2) is 17.4 Å². The average Bonchev–Trinajstić information content (AvgIpc) is 2.79. The van der Waals surface area contributed by atoms with Crippen LogP contribution in [0.2, 0.25) is 5.28 Å². The first kappa shape index (κ1) is 30.0. The fourth-order valence-corrected chi connectivity index (χ4v) is 4.71. The summed E-state index contributed by atoms with van der Waals surface area (Å²) in [5.74, 6) is -1.03. The topological polar surface area (TPSA) is 126 Å². The molecule has 13 heteroatoms. The molecule has 1 amide bonds. The molecule has 9 nitrogen and oxygen atoms in total. The summed E-state index contributed by atoms with van der Waals surface area (Å²) in [6.45, 7) is 5.37. The van der Waals surface area contributed by atoms with Gasteiger partial charge in [0.05, 0.1) is 34.9 Å². The summed E-state index contributed by atoms with van der Waals surface area (Å²) in [7, 11) is -2.94. The maximum absolute atomic E-state index is 14.2. The first-order valence-electron chi connectivity index (χ1n) is 11.8. The van der Waals surface area contributed by atoms with E-state index >= 15 is 0 Å². The summed E-state index contributed by atoms with van der Waals surface area (Å²) in [5, 5.41) is -0.140. The van der Waals surface area contributed by atoms with E-state index in [1.165, 1.54) is 18.4 Å². The van der Waals surface area contributed by atoms with Crippen molar-refractivity contribution in [3.63, 3.8) is 0 Å². The molecule has 1 heterocycles. The van der Waals surface area contributed by atoms with Crippen molar-refractivity contribution in [1.29, 1.82) is 0 Å². The largest absolute Gasteiger partial charge is 0.493 e. The van der Waals surface area contributed by atoms with Crippen LogP contribution in [-0.2, 0) is 20.2 Å². The SMILES string of the molecule is CC(C)(C)OC(=O)N=S(C)(=O)Cc1cc(N)cc(OCCCOc2cc(-c3nc(Cl)ncc3F)ccc2F)c1. The van der Waals surface area contributed by atoms with Gasteiger partial charge in [0.2, 0.25) is 5.28 Å². The molecule has 0 aliphatic rings. The van der Waals surface area contributed by atoms with Crippen LogP contribution < -0.4 is 15.2 Å². The second kappa shape index (κ2) is 12.6. The van der Waals surface area contributed by atoms with Gasteiger partial charge in [0.25, 0.3) is 0 Å². The molecule has 1 atom stereocenters. The number of nitrogens with two attached hydrogens (primary N) is 1. The van der Waals surface area contributed by atoms with E-state index in [1.807, 2.05) is 0 Å². The van der Waals surface area contributed by atoms with Crippen LogP contribution >= 0.6 is 11.6 Å². The summed E-state index contributed by atoms with van der Waals surface area (Å²) in [6.07, 6.45) is 1.77. The van der Waals surface area contributed by atoms with Gasteiger partial charge in [-0.15, -0.1) is 4.36 Å². The standard InChI is InChI=1S/C26H29ClF2N4O5S/c1-26(2,3)38-25(34)33-39(4,35)15-16-10-18(30)13-19(11-16)36-8-5-9-37-22-12-17(6-7-20(22)28)23-21(29)14-31-24(27)32-23/h6-7,10-14H,5,8-9,15,30H2,1-4H3. The van der Waals surface area contributed by atoms with Crippen molar-refractivity contribution >= 4 is 33.1 Å². The van der Waals surface area contributed by atoms with E-state index in [4.69, 9.17) is 31.5 Å². The lowest BCUT2D eigenvalue weighted by Gasteiger charge is -2.17. The van der Waals surface area contributed by atoms with Gasteiger partial charge >= 0.3 is 6.09 Å². The van der Waals surface area contributed by atoms with Gasteiger partial charge in [-0.25, -0.2) is 27.8 Å². The number of amides is 1. The molecular weight excluding hydrogens is 554 g/mol. The molecule has 210 valence electrons. The number of nitrogen functional groups attached to an aromatic ring is 1. The Kier molecular flexibility index (Phi) is 9.68. The molecule has 1 unspecified atom stereocenters. The van der Waals surface area contributed by atoms with Crippen molar-refractivity contribution in [2.75, 3.05) is 25.2 Å². The molecule has 0 fully saturated rings. The second-order valence-electron chi connectivity index (χ2n) is 9.62.